The molecule has 1 aromatic rings. The predicted octanol–water partition coefficient (Wildman–Crippen LogP) is 1.82. The van der Waals surface area contributed by atoms with E-state index in [1.54, 1.807) is 12.1 Å². The van der Waals surface area contributed by atoms with Crippen LogP contribution in [-0.4, -0.2) is 20.9 Å². The van der Waals surface area contributed by atoms with Gasteiger partial charge >= 0.3 is 0 Å². The Balaban J connectivity index is 2.18. The highest BCUT2D eigenvalue weighted by Gasteiger charge is 2.40. The standard InChI is InChI=1S/C15H22N2O3S/c1-3-11-5-6-12(9-13(11)21(16,19)20)14(18)17-10-15(4-2)7-8-15/h5-6,9H,3-4,7-8,10H2,1-2H3,(H,17,18)(H2,16,19,20). The van der Waals surface area contributed by atoms with Gasteiger partial charge in [0.15, 0.2) is 0 Å². The third kappa shape index (κ3) is 3.63. The minimum Gasteiger partial charge on any atom is -0.351 e. The molecule has 21 heavy (non-hydrogen) atoms. The van der Waals surface area contributed by atoms with Gasteiger partial charge in [0.1, 0.15) is 0 Å². The average molecular weight is 310 g/mol. The van der Waals surface area contributed by atoms with Crippen molar-refractivity contribution in [1.29, 1.82) is 0 Å². The molecule has 1 aliphatic rings. The number of benzene rings is 1. The quantitative estimate of drug-likeness (QED) is 0.840. The van der Waals surface area contributed by atoms with Crippen molar-refractivity contribution < 1.29 is 13.2 Å². The first-order valence-electron chi connectivity index (χ1n) is 7.25. The minimum atomic E-state index is -3.82. The van der Waals surface area contributed by atoms with Gasteiger partial charge < -0.3 is 5.32 Å². The molecular formula is C15H22N2O3S. The summed E-state index contributed by atoms with van der Waals surface area (Å²) in [5.74, 6) is -0.248. The molecule has 0 saturated heterocycles. The molecular weight excluding hydrogens is 288 g/mol. The number of nitrogens with one attached hydrogen (secondary N) is 1. The number of sulfonamides is 1. The van der Waals surface area contributed by atoms with E-state index >= 15 is 0 Å². The van der Waals surface area contributed by atoms with Crippen LogP contribution in [0.15, 0.2) is 23.1 Å². The molecule has 1 fully saturated rings. The molecule has 0 radical (unpaired) electrons. The smallest absolute Gasteiger partial charge is 0.251 e. The SMILES string of the molecule is CCc1ccc(C(=O)NCC2(CC)CC2)cc1S(N)(=O)=O. The number of hydrogen-bond donors (Lipinski definition) is 2. The van der Waals surface area contributed by atoms with E-state index in [0.717, 1.165) is 19.3 Å². The summed E-state index contributed by atoms with van der Waals surface area (Å²) in [5, 5.41) is 8.11. The maximum absolute atomic E-state index is 12.2. The highest BCUT2D eigenvalue weighted by atomic mass is 32.2. The second kappa shape index (κ2) is 5.77. The van der Waals surface area contributed by atoms with Crippen LogP contribution in [0.2, 0.25) is 0 Å². The van der Waals surface area contributed by atoms with E-state index in [-0.39, 0.29) is 16.2 Å². The van der Waals surface area contributed by atoms with Crippen molar-refractivity contribution in [3.8, 4) is 0 Å². The van der Waals surface area contributed by atoms with Gasteiger partial charge in [0.25, 0.3) is 5.91 Å². The number of carbonyl (C=O) groups is 1. The Bertz CT molecular complexity index is 649. The van der Waals surface area contributed by atoms with Crippen LogP contribution in [0, 0.1) is 5.41 Å². The summed E-state index contributed by atoms with van der Waals surface area (Å²) in [6, 6.07) is 4.67. The van der Waals surface area contributed by atoms with Gasteiger partial charge in [-0.3, -0.25) is 4.79 Å². The fraction of sp³-hybridized carbons (Fsp3) is 0.533. The molecule has 1 saturated carbocycles. The fourth-order valence-corrected chi connectivity index (χ4v) is 3.32. The van der Waals surface area contributed by atoms with E-state index in [9.17, 15) is 13.2 Å². The molecule has 0 bridgehead atoms. The number of primary sulfonamides is 1. The van der Waals surface area contributed by atoms with Crippen molar-refractivity contribution >= 4 is 15.9 Å². The highest BCUT2D eigenvalue weighted by Crippen LogP contribution is 2.47. The summed E-state index contributed by atoms with van der Waals surface area (Å²) < 4.78 is 23.2. The molecule has 0 heterocycles. The maximum atomic E-state index is 12.2. The van der Waals surface area contributed by atoms with Crippen LogP contribution in [0.3, 0.4) is 0 Å². The molecule has 3 N–H and O–H groups in total. The van der Waals surface area contributed by atoms with Gasteiger partial charge in [0, 0.05) is 12.1 Å². The molecule has 0 atom stereocenters. The van der Waals surface area contributed by atoms with Crippen molar-refractivity contribution in [2.75, 3.05) is 6.54 Å². The first kappa shape index (κ1) is 16.0. The van der Waals surface area contributed by atoms with Gasteiger partial charge in [-0.15, -0.1) is 0 Å². The number of nitrogens with two attached hydrogens (primary N) is 1. The summed E-state index contributed by atoms with van der Waals surface area (Å²) in [7, 11) is -3.82. The Morgan fingerprint density at radius 1 is 1.33 bits per heavy atom. The van der Waals surface area contributed by atoms with Gasteiger partial charge in [-0.2, -0.15) is 0 Å². The summed E-state index contributed by atoms with van der Waals surface area (Å²) in [6.45, 7) is 4.61. The Morgan fingerprint density at radius 3 is 2.48 bits per heavy atom. The van der Waals surface area contributed by atoms with Crippen molar-refractivity contribution in [3.05, 3.63) is 29.3 Å². The summed E-state index contributed by atoms with van der Waals surface area (Å²) in [6.07, 6.45) is 3.87. The average Bonchev–Trinajstić information content (AvgIpc) is 3.24. The van der Waals surface area contributed by atoms with E-state index in [2.05, 4.69) is 12.2 Å². The topological polar surface area (TPSA) is 89.3 Å². The molecule has 6 heteroatoms. The monoisotopic (exact) mass is 310 g/mol. The van der Waals surface area contributed by atoms with Crippen LogP contribution in [-0.2, 0) is 16.4 Å². The van der Waals surface area contributed by atoms with Crippen LogP contribution >= 0.6 is 0 Å². The molecule has 2 rings (SSSR count). The largest absolute Gasteiger partial charge is 0.351 e. The van der Waals surface area contributed by atoms with Crippen molar-refractivity contribution in [2.24, 2.45) is 10.6 Å². The van der Waals surface area contributed by atoms with Crippen LogP contribution < -0.4 is 10.5 Å². The maximum Gasteiger partial charge on any atom is 0.251 e. The molecule has 0 spiro atoms. The number of amides is 1. The first-order valence-corrected chi connectivity index (χ1v) is 8.80. The van der Waals surface area contributed by atoms with E-state index in [1.807, 2.05) is 6.92 Å². The van der Waals surface area contributed by atoms with Crippen LogP contribution in [0.5, 0.6) is 0 Å². The van der Waals surface area contributed by atoms with E-state index in [1.165, 1.54) is 6.07 Å². The van der Waals surface area contributed by atoms with Crippen molar-refractivity contribution in [3.63, 3.8) is 0 Å². The number of rotatable bonds is 6. The van der Waals surface area contributed by atoms with Crippen molar-refractivity contribution in [2.45, 2.75) is 44.4 Å². The number of aryl methyl sites for hydroxylation is 1. The number of hydrogen-bond acceptors (Lipinski definition) is 3. The van der Waals surface area contributed by atoms with Gasteiger partial charge in [-0.05, 0) is 48.8 Å². The third-order valence-corrected chi connectivity index (χ3v) is 5.34. The minimum absolute atomic E-state index is 0.0364. The van der Waals surface area contributed by atoms with Crippen LogP contribution in [0.25, 0.3) is 0 Å². The summed E-state index contributed by atoms with van der Waals surface area (Å²) in [5.41, 5.74) is 1.21. The molecule has 1 amide bonds. The van der Waals surface area contributed by atoms with Gasteiger partial charge in [-0.1, -0.05) is 19.9 Å². The van der Waals surface area contributed by atoms with Gasteiger partial charge in [0.05, 0.1) is 4.90 Å². The molecule has 0 aromatic heterocycles. The van der Waals surface area contributed by atoms with Crippen LogP contribution in [0.4, 0.5) is 0 Å². The Kier molecular flexibility index (Phi) is 4.39. The fourth-order valence-electron chi connectivity index (χ4n) is 2.45. The Labute approximate surface area is 126 Å². The van der Waals surface area contributed by atoms with E-state index < -0.39 is 10.0 Å². The summed E-state index contributed by atoms with van der Waals surface area (Å²) >= 11 is 0. The third-order valence-electron chi connectivity index (χ3n) is 4.35. The highest BCUT2D eigenvalue weighted by molar-refractivity contribution is 7.89. The summed E-state index contributed by atoms with van der Waals surface area (Å²) in [4.78, 5) is 12.2. The molecule has 5 nitrogen and oxygen atoms in total. The Morgan fingerprint density at radius 2 is 2.00 bits per heavy atom. The molecule has 1 aliphatic carbocycles. The molecule has 0 aliphatic heterocycles. The zero-order valence-corrected chi connectivity index (χ0v) is 13.3. The molecule has 0 unspecified atom stereocenters. The second-order valence-electron chi connectivity index (χ2n) is 5.76. The zero-order valence-electron chi connectivity index (χ0n) is 12.5. The van der Waals surface area contributed by atoms with E-state index in [4.69, 9.17) is 5.14 Å². The van der Waals surface area contributed by atoms with E-state index in [0.29, 0.717) is 24.1 Å². The number of carbonyl (C=O) groups excluding carboxylic acids is 1. The first-order chi connectivity index (χ1) is 9.81. The lowest BCUT2D eigenvalue weighted by atomic mass is 10.0. The van der Waals surface area contributed by atoms with Crippen molar-refractivity contribution in [1.82, 2.24) is 5.32 Å². The normalized spacial score (nSPS) is 16.5. The lowest BCUT2D eigenvalue weighted by Crippen LogP contribution is -2.30. The molecule has 116 valence electrons. The predicted molar refractivity (Wildman–Crippen MR) is 81.5 cm³/mol. The lowest BCUT2D eigenvalue weighted by Gasteiger charge is -2.14. The van der Waals surface area contributed by atoms with Crippen LogP contribution in [0.1, 0.15) is 49.0 Å². The Hall–Kier alpha value is -1.40. The molecule has 1 aromatic carbocycles. The zero-order chi connectivity index (χ0) is 15.7. The lowest BCUT2D eigenvalue weighted by molar-refractivity contribution is 0.0944. The second-order valence-corrected chi connectivity index (χ2v) is 7.29. The van der Waals surface area contributed by atoms with Gasteiger partial charge in [-0.25, -0.2) is 13.6 Å². The van der Waals surface area contributed by atoms with Gasteiger partial charge in [0.2, 0.25) is 10.0 Å².